The van der Waals surface area contributed by atoms with Gasteiger partial charge in [0, 0.05) is 17.0 Å². The lowest BCUT2D eigenvalue weighted by atomic mass is 9.87. The summed E-state index contributed by atoms with van der Waals surface area (Å²) < 4.78 is 0. The van der Waals surface area contributed by atoms with E-state index in [1.165, 1.54) is 32.1 Å². The first-order chi connectivity index (χ1) is 6.76. The van der Waals surface area contributed by atoms with Crippen molar-refractivity contribution in [2.45, 2.75) is 63.7 Å². The van der Waals surface area contributed by atoms with Gasteiger partial charge in [0.15, 0.2) is 0 Å². The maximum atomic E-state index is 5.92. The van der Waals surface area contributed by atoms with Crippen LogP contribution in [0.1, 0.15) is 52.4 Å². The maximum absolute atomic E-state index is 5.92. The Balaban J connectivity index is 2.10. The van der Waals surface area contributed by atoms with Crippen molar-refractivity contribution in [2.75, 3.05) is 5.75 Å². The fourth-order valence-electron chi connectivity index (χ4n) is 2.08. The minimum Gasteiger partial charge on any atom is -0.327 e. The van der Waals surface area contributed by atoms with E-state index in [1.807, 2.05) is 0 Å². The standard InChI is InChI=1S/C12H25NS/c1-3-10-5-7-12(8-6-10)14-9-11(13)4-2/h10-12H,3-9,13H2,1-2H3. The first-order valence-electron chi connectivity index (χ1n) is 6.13. The summed E-state index contributed by atoms with van der Waals surface area (Å²) in [4.78, 5) is 0. The highest BCUT2D eigenvalue weighted by Gasteiger charge is 2.20. The Bertz CT molecular complexity index is 141. The molecule has 1 atom stereocenters. The van der Waals surface area contributed by atoms with Crippen molar-refractivity contribution < 1.29 is 0 Å². The van der Waals surface area contributed by atoms with Gasteiger partial charge in [-0.25, -0.2) is 0 Å². The molecule has 0 heterocycles. The lowest BCUT2D eigenvalue weighted by Crippen LogP contribution is -2.24. The fraction of sp³-hybridized carbons (Fsp3) is 1.00. The fourth-order valence-corrected chi connectivity index (χ4v) is 3.44. The zero-order valence-electron chi connectivity index (χ0n) is 9.67. The molecule has 2 N–H and O–H groups in total. The zero-order chi connectivity index (χ0) is 10.4. The van der Waals surface area contributed by atoms with Crippen LogP contribution in [0.15, 0.2) is 0 Å². The summed E-state index contributed by atoms with van der Waals surface area (Å²) in [5.41, 5.74) is 5.92. The van der Waals surface area contributed by atoms with Crippen molar-refractivity contribution in [3.05, 3.63) is 0 Å². The quantitative estimate of drug-likeness (QED) is 0.760. The lowest BCUT2D eigenvalue weighted by Gasteiger charge is -2.27. The topological polar surface area (TPSA) is 26.0 Å². The number of hydrogen-bond acceptors (Lipinski definition) is 2. The molecular weight excluding hydrogens is 190 g/mol. The van der Waals surface area contributed by atoms with E-state index in [9.17, 15) is 0 Å². The minimum absolute atomic E-state index is 0.420. The highest BCUT2D eigenvalue weighted by atomic mass is 32.2. The molecule has 84 valence electrons. The third-order valence-corrected chi connectivity index (χ3v) is 5.00. The van der Waals surface area contributed by atoms with Gasteiger partial charge in [0.25, 0.3) is 0 Å². The smallest absolute Gasteiger partial charge is 0.0127 e. The van der Waals surface area contributed by atoms with Gasteiger partial charge in [0.2, 0.25) is 0 Å². The number of nitrogens with two attached hydrogens (primary N) is 1. The molecule has 14 heavy (non-hydrogen) atoms. The molecule has 1 rings (SSSR count). The van der Waals surface area contributed by atoms with Crippen LogP contribution in [0, 0.1) is 5.92 Å². The molecule has 1 fully saturated rings. The molecule has 0 saturated heterocycles. The van der Waals surface area contributed by atoms with Gasteiger partial charge < -0.3 is 5.73 Å². The Morgan fingerprint density at radius 2 is 1.86 bits per heavy atom. The second kappa shape index (κ2) is 6.73. The van der Waals surface area contributed by atoms with Gasteiger partial charge >= 0.3 is 0 Å². The van der Waals surface area contributed by atoms with Crippen LogP contribution in [-0.2, 0) is 0 Å². The average Bonchev–Trinajstić information content (AvgIpc) is 2.26. The van der Waals surface area contributed by atoms with Gasteiger partial charge in [-0.15, -0.1) is 0 Å². The van der Waals surface area contributed by atoms with Crippen LogP contribution in [0.4, 0.5) is 0 Å². The van der Waals surface area contributed by atoms with E-state index < -0.39 is 0 Å². The minimum atomic E-state index is 0.420. The highest BCUT2D eigenvalue weighted by Crippen LogP contribution is 2.33. The molecule has 0 spiro atoms. The van der Waals surface area contributed by atoms with Crippen LogP contribution >= 0.6 is 11.8 Å². The van der Waals surface area contributed by atoms with Gasteiger partial charge in [-0.3, -0.25) is 0 Å². The molecule has 0 bridgehead atoms. The van der Waals surface area contributed by atoms with Crippen LogP contribution in [-0.4, -0.2) is 17.0 Å². The van der Waals surface area contributed by atoms with Crippen LogP contribution in [0.3, 0.4) is 0 Å². The van der Waals surface area contributed by atoms with Crippen LogP contribution < -0.4 is 5.73 Å². The highest BCUT2D eigenvalue weighted by molar-refractivity contribution is 7.99. The Hall–Kier alpha value is 0.310. The summed E-state index contributed by atoms with van der Waals surface area (Å²) in [7, 11) is 0. The van der Waals surface area contributed by atoms with E-state index in [0.29, 0.717) is 6.04 Å². The monoisotopic (exact) mass is 215 g/mol. The van der Waals surface area contributed by atoms with Crippen molar-refractivity contribution >= 4 is 11.8 Å². The Morgan fingerprint density at radius 1 is 1.21 bits per heavy atom. The Morgan fingerprint density at radius 3 is 2.36 bits per heavy atom. The summed E-state index contributed by atoms with van der Waals surface area (Å²) >= 11 is 2.12. The maximum Gasteiger partial charge on any atom is 0.0127 e. The van der Waals surface area contributed by atoms with Crippen molar-refractivity contribution in [3.8, 4) is 0 Å². The molecule has 1 nitrogen and oxygen atoms in total. The number of hydrogen-bond donors (Lipinski definition) is 1. The van der Waals surface area contributed by atoms with Gasteiger partial charge in [-0.1, -0.05) is 20.3 Å². The predicted molar refractivity (Wildman–Crippen MR) is 66.8 cm³/mol. The molecule has 0 aromatic carbocycles. The molecule has 1 aliphatic carbocycles. The van der Waals surface area contributed by atoms with Gasteiger partial charge in [-0.2, -0.15) is 11.8 Å². The third-order valence-electron chi connectivity index (χ3n) is 3.44. The molecular formula is C12H25NS. The van der Waals surface area contributed by atoms with Crippen molar-refractivity contribution in [1.82, 2.24) is 0 Å². The summed E-state index contributed by atoms with van der Waals surface area (Å²) in [5.74, 6) is 2.18. The van der Waals surface area contributed by atoms with Gasteiger partial charge in [0.05, 0.1) is 0 Å². The second-order valence-electron chi connectivity index (χ2n) is 4.55. The van der Waals surface area contributed by atoms with Crippen LogP contribution in [0.5, 0.6) is 0 Å². The Kier molecular flexibility index (Phi) is 5.95. The van der Waals surface area contributed by atoms with Crippen molar-refractivity contribution in [3.63, 3.8) is 0 Å². The van der Waals surface area contributed by atoms with Gasteiger partial charge in [0.1, 0.15) is 0 Å². The molecule has 1 aliphatic rings. The Labute approximate surface area is 93.2 Å². The normalized spacial score (nSPS) is 30.2. The second-order valence-corrected chi connectivity index (χ2v) is 5.89. The van der Waals surface area contributed by atoms with Crippen molar-refractivity contribution in [2.24, 2.45) is 11.7 Å². The zero-order valence-corrected chi connectivity index (χ0v) is 10.5. The van der Waals surface area contributed by atoms with E-state index in [-0.39, 0.29) is 0 Å². The van der Waals surface area contributed by atoms with Crippen LogP contribution in [0.2, 0.25) is 0 Å². The van der Waals surface area contributed by atoms with Crippen LogP contribution in [0.25, 0.3) is 0 Å². The molecule has 0 amide bonds. The van der Waals surface area contributed by atoms with E-state index in [2.05, 4.69) is 25.6 Å². The molecule has 0 aliphatic heterocycles. The average molecular weight is 215 g/mol. The first-order valence-corrected chi connectivity index (χ1v) is 7.18. The molecule has 0 radical (unpaired) electrons. The summed E-state index contributed by atoms with van der Waals surface area (Å²) in [6.45, 7) is 4.50. The number of thioether (sulfide) groups is 1. The lowest BCUT2D eigenvalue weighted by molar-refractivity contribution is 0.356. The molecule has 0 aromatic heterocycles. The van der Waals surface area contributed by atoms with Gasteiger partial charge in [-0.05, 0) is 38.0 Å². The summed E-state index contributed by atoms with van der Waals surface area (Å²) in [5, 5.41) is 0.912. The summed E-state index contributed by atoms with van der Waals surface area (Å²) in [6.07, 6.45) is 8.27. The van der Waals surface area contributed by atoms with E-state index in [0.717, 1.165) is 23.3 Å². The molecule has 1 unspecified atom stereocenters. The van der Waals surface area contributed by atoms with Crippen molar-refractivity contribution in [1.29, 1.82) is 0 Å². The van der Waals surface area contributed by atoms with E-state index in [4.69, 9.17) is 5.73 Å². The van der Waals surface area contributed by atoms with E-state index >= 15 is 0 Å². The predicted octanol–water partition coefficient (Wildman–Crippen LogP) is 3.43. The molecule has 2 heteroatoms. The number of rotatable bonds is 5. The first kappa shape index (κ1) is 12.4. The SMILES string of the molecule is CCC(N)CSC1CCC(CC)CC1. The largest absolute Gasteiger partial charge is 0.327 e. The molecule has 0 aromatic rings. The third kappa shape index (κ3) is 4.22. The molecule has 1 saturated carbocycles. The van der Waals surface area contributed by atoms with E-state index in [1.54, 1.807) is 0 Å². The summed E-state index contributed by atoms with van der Waals surface area (Å²) in [6, 6.07) is 0.420.